The molecular weight excluding hydrogens is 332 g/mol. The zero-order chi connectivity index (χ0) is 18.3. The molecule has 2 N–H and O–H groups in total. The number of rotatable bonds is 4. The van der Waals surface area contributed by atoms with Crippen LogP contribution in [0.5, 0.6) is 0 Å². The van der Waals surface area contributed by atoms with Gasteiger partial charge in [-0.2, -0.15) is 4.98 Å². The number of aryl methyl sites for hydroxylation is 2. The number of hydrogen-bond donors (Lipinski definition) is 2. The van der Waals surface area contributed by atoms with Crippen LogP contribution in [0.2, 0.25) is 0 Å². The molecule has 1 saturated carbocycles. The summed E-state index contributed by atoms with van der Waals surface area (Å²) in [6.07, 6.45) is 2.66. The van der Waals surface area contributed by atoms with Crippen LogP contribution in [0.4, 0.5) is 0 Å². The van der Waals surface area contributed by atoms with Gasteiger partial charge in [0.25, 0.3) is 11.7 Å². The summed E-state index contributed by atoms with van der Waals surface area (Å²) >= 11 is 0. The average molecular weight is 352 g/mol. The lowest BCUT2D eigenvalue weighted by atomic mass is 9.76. The molecule has 1 unspecified atom stereocenters. The fraction of sp³-hybridized carbons (Fsp3) is 0.389. The maximum absolute atomic E-state index is 12.8. The third-order valence-corrected chi connectivity index (χ3v) is 4.74. The van der Waals surface area contributed by atoms with Gasteiger partial charge in [0.15, 0.2) is 0 Å². The Morgan fingerprint density at radius 2 is 2.12 bits per heavy atom. The molecule has 0 aromatic carbocycles. The second kappa shape index (κ2) is 6.45. The molecule has 3 aromatic rings. The molecule has 0 spiro atoms. The minimum absolute atomic E-state index is 0.0759. The molecule has 8 nitrogen and oxygen atoms in total. The number of aromatic nitrogens is 5. The number of amides is 1. The number of nitrogens with one attached hydrogen (secondary N) is 1. The smallest absolute Gasteiger partial charge is 0.291 e. The summed E-state index contributed by atoms with van der Waals surface area (Å²) < 4.78 is 1.56. The Hall–Kier alpha value is -2.87. The van der Waals surface area contributed by atoms with Crippen molar-refractivity contribution < 1.29 is 9.90 Å². The minimum Gasteiger partial charge on any atom is -0.393 e. The first-order valence-electron chi connectivity index (χ1n) is 8.62. The highest BCUT2D eigenvalue weighted by molar-refractivity contribution is 5.91. The van der Waals surface area contributed by atoms with Crippen LogP contribution in [0.1, 0.15) is 46.6 Å². The Kier molecular flexibility index (Phi) is 4.12. The van der Waals surface area contributed by atoms with Gasteiger partial charge in [-0.25, -0.2) is 9.50 Å². The molecule has 1 aliphatic carbocycles. The van der Waals surface area contributed by atoms with Crippen molar-refractivity contribution in [3.63, 3.8) is 0 Å². The van der Waals surface area contributed by atoms with Crippen molar-refractivity contribution in [1.82, 2.24) is 29.9 Å². The zero-order valence-corrected chi connectivity index (χ0v) is 14.6. The first-order chi connectivity index (χ1) is 12.5. The molecule has 8 heteroatoms. The largest absolute Gasteiger partial charge is 0.393 e. The number of aliphatic hydroxyl groups excluding tert-OH is 1. The molecule has 1 aliphatic rings. The quantitative estimate of drug-likeness (QED) is 0.735. The van der Waals surface area contributed by atoms with E-state index in [1.807, 2.05) is 38.1 Å². The van der Waals surface area contributed by atoms with E-state index in [9.17, 15) is 9.90 Å². The maximum atomic E-state index is 12.8. The molecule has 3 aromatic heterocycles. The van der Waals surface area contributed by atoms with Crippen molar-refractivity contribution in [2.75, 3.05) is 0 Å². The van der Waals surface area contributed by atoms with E-state index >= 15 is 0 Å². The monoisotopic (exact) mass is 352 g/mol. The van der Waals surface area contributed by atoms with Crippen molar-refractivity contribution in [2.45, 2.75) is 38.8 Å². The summed E-state index contributed by atoms with van der Waals surface area (Å²) in [5, 5.41) is 16.9. The Bertz CT molecular complexity index is 949. The number of nitrogens with zero attached hydrogens (tertiary/aromatic N) is 5. The van der Waals surface area contributed by atoms with E-state index in [2.05, 4.69) is 25.4 Å². The predicted molar refractivity (Wildman–Crippen MR) is 93.4 cm³/mol. The van der Waals surface area contributed by atoms with Crippen LogP contribution >= 0.6 is 0 Å². The van der Waals surface area contributed by atoms with Crippen LogP contribution in [0, 0.1) is 19.8 Å². The average Bonchev–Trinajstić information content (AvgIpc) is 3.02. The molecule has 3 heterocycles. The number of carbonyl (C=O) groups excluding carboxylic acids is 1. The van der Waals surface area contributed by atoms with Gasteiger partial charge in [-0.3, -0.25) is 9.78 Å². The molecule has 134 valence electrons. The lowest BCUT2D eigenvalue weighted by molar-refractivity contribution is 0.0227. The van der Waals surface area contributed by atoms with Crippen LogP contribution in [0.3, 0.4) is 0 Å². The fourth-order valence-corrected chi connectivity index (χ4v) is 3.36. The molecule has 0 radical (unpaired) electrons. The van der Waals surface area contributed by atoms with Gasteiger partial charge in [-0.1, -0.05) is 6.07 Å². The van der Waals surface area contributed by atoms with Gasteiger partial charge in [-0.15, -0.1) is 5.10 Å². The first-order valence-corrected chi connectivity index (χ1v) is 8.62. The Balaban J connectivity index is 1.61. The molecule has 0 aliphatic heterocycles. The lowest BCUT2D eigenvalue weighted by Crippen LogP contribution is -2.42. The Morgan fingerprint density at radius 1 is 1.31 bits per heavy atom. The number of fused-ring (bicyclic) bond motifs is 1. The van der Waals surface area contributed by atoms with Gasteiger partial charge < -0.3 is 10.4 Å². The zero-order valence-electron chi connectivity index (χ0n) is 14.6. The third-order valence-electron chi connectivity index (χ3n) is 4.74. The van der Waals surface area contributed by atoms with E-state index < -0.39 is 0 Å². The highest BCUT2D eigenvalue weighted by Crippen LogP contribution is 2.37. The van der Waals surface area contributed by atoms with Gasteiger partial charge in [0.1, 0.15) is 0 Å². The second-order valence-corrected chi connectivity index (χ2v) is 6.78. The van der Waals surface area contributed by atoms with Gasteiger partial charge in [-0.05, 0) is 50.8 Å². The topological polar surface area (TPSA) is 105 Å². The summed E-state index contributed by atoms with van der Waals surface area (Å²) in [5.74, 6) is 0.251. The molecule has 1 amide bonds. The molecule has 4 rings (SSSR count). The van der Waals surface area contributed by atoms with E-state index in [1.165, 1.54) is 0 Å². The van der Waals surface area contributed by atoms with E-state index in [0.29, 0.717) is 18.6 Å². The SMILES string of the molecule is Cc1cc(C)n2nc(C(=O)NC(c3ccccn3)C3CC(O)C3)nc2n1. The molecule has 0 saturated heterocycles. The summed E-state index contributed by atoms with van der Waals surface area (Å²) in [6, 6.07) is 7.20. The van der Waals surface area contributed by atoms with Gasteiger partial charge >= 0.3 is 0 Å². The summed E-state index contributed by atoms with van der Waals surface area (Å²) in [7, 11) is 0. The van der Waals surface area contributed by atoms with Crippen LogP contribution in [-0.2, 0) is 0 Å². The molecule has 1 fully saturated rings. The van der Waals surface area contributed by atoms with Crippen LogP contribution in [-0.4, -0.2) is 41.7 Å². The number of hydrogen-bond acceptors (Lipinski definition) is 6. The molecule has 1 atom stereocenters. The first kappa shape index (κ1) is 16.6. The highest BCUT2D eigenvalue weighted by Gasteiger charge is 2.37. The third kappa shape index (κ3) is 3.03. The number of pyridine rings is 1. The minimum atomic E-state index is -0.371. The molecule has 0 bridgehead atoms. The van der Waals surface area contributed by atoms with Crippen molar-refractivity contribution in [1.29, 1.82) is 0 Å². The summed E-state index contributed by atoms with van der Waals surface area (Å²) in [5.41, 5.74) is 2.46. The van der Waals surface area contributed by atoms with Crippen LogP contribution in [0.25, 0.3) is 5.78 Å². The van der Waals surface area contributed by atoms with Gasteiger partial charge in [0.05, 0.1) is 17.8 Å². The van der Waals surface area contributed by atoms with Gasteiger partial charge in [0, 0.05) is 17.6 Å². The van der Waals surface area contributed by atoms with Crippen molar-refractivity contribution in [2.24, 2.45) is 5.92 Å². The Labute approximate surface area is 150 Å². The van der Waals surface area contributed by atoms with Crippen molar-refractivity contribution in [3.05, 3.63) is 53.4 Å². The number of aliphatic hydroxyl groups is 1. The van der Waals surface area contributed by atoms with E-state index in [1.54, 1.807) is 10.7 Å². The standard InChI is InChI=1S/C18H20N6O2/c1-10-7-11(2)24-18(20-10)22-16(23-24)17(26)21-15(12-8-13(25)9-12)14-5-3-4-6-19-14/h3-7,12-13,15,25H,8-9H2,1-2H3,(H,21,26). The van der Waals surface area contributed by atoms with Crippen molar-refractivity contribution in [3.8, 4) is 0 Å². The predicted octanol–water partition coefficient (Wildman–Crippen LogP) is 1.38. The van der Waals surface area contributed by atoms with E-state index in [0.717, 1.165) is 17.1 Å². The van der Waals surface area contributed by atoms with Gasteiger partial charge in [0.2, 0.25) is 5.82 Å². The summed E-state index contributed by atoms with van der Waals surface area (Å²) in [4.78, 5) is 25.7. The maximum Gasteiger partial charge on any atom is 0.291 e. The van der Waals surface area contributed by atoms with Crippen molar-refractivity contribution >= 4 is 11.7 Å². The molecular formula is C18H20N6O2. The van der Waals surface area contributed by atoms with E-state index in [4.69, 9.17) is 0 Å². The number of carbonyl (C=O) groups is 1. The van der Waals surface area contributed by atoms with Crippen LogP contribution < -0.4 is 5.32 Å². The van der Waals surface area contributed by atoms with E-state index in [-0.39, 0.29) is 29.8 Å². The van der Waals surface area contributed by atoms with Crippen LogP contribution in [0.15, 0.2) is 30.5 Å². The Morgan fingerprint density at radius 3 is 2.81 bits per heavy atom. The normalized spacial score (nSPS) is 20.6. The lowest BCUT2D eigenvalue weighted by Gasteiger charge is -2.37. The second-order valence-electron chi connectivity index (χ2n) is 6.78. The molecule has 26 heavy (non-hydrogen) atoms. The highest BCUT2D eigenvalue weighted by atomic mass is 16.3. The fourth-order valence-electron chi connectivity index (χ4n) is 3.36. The summed E-state index contributed by atoms with van der Waals surface area (Å²) in [6.45, 7) is 3.77.